The van der Waals surface area contributed by atoms with Gasteiger partial charge in [0.25, 0.3) is 0 Å². The third-order valence-electron chi connectivity index (χ3n) is 3.74. The molecule has 0 saturated carbocycles. The second-order valence-electron chi connectivity index (χ2n) is 5.22. The largest absolute Gasteiger partial charge is 0.369 e. The van der Waals surface area contributed by atoms with Gasteiger partial charge < -0.3 is 5.73 Å². The van der Waals surface area contributed by atoms with Gasteiger partial charge in [0.15, 0.2) is 5.65 Å². The maximum Gasteiger partial charge on any atom is 0.202 e. The summed E-state index contributed by atoms with van der Waals surface area (Å²) in [5.74, 6) is 0.995. The van der Waals surface area contributed by atoms with E-state index in [0.717, 1.165) is 28.6 Å². The predicted octanol–water partition coefficient (Wildman–Crippen LogP) is 3.97. The molecule has 0 radical (unpaired) electrons. The molecule has 0 aliphatic carbocycles. The summed E-state index contributed by atoms with van der Waals surface area (Å²) in [5.41, 5.74) is 9.04. The molecular weight excluding hydrogens is 328 g/mol. The fourth-order valence-corrected chi connectivity index (χ4v) is 2.81. The molecule has 2 heterocycles. The van der Waals surface area contributed by atoms with Crippen LogP contribution in [0.3, 0.4) is 0 Å². The summed E-state index contributed by atoms with van der Waals surface area (Å²) in [6.07, 6.45) is 2.78. The minimum atomic E-state index is 0.471. The summed E-state index contributed by atoms with van der Waals surface area (Å²) in [6, 6.07) is 12.5. The van der Waals surface area contributed by atoms with Crippen LogP contribution in [0.25, 0.3) is 11.2 Å². The zero-order valence-electron chi connectivity index (χ0n) is 11.8. The number of pyridine rings is 1. The molecule has 108 valence electrons. The van der Waals surface area contributed by atoms with E-state index in [1.165, 1.54) is 5.56 Å². The molecule has 1 aromatic carbocycles. The van der Waals surface area contributed by atoms with Crippen LogP contribution in [0.2, 0.25) is 0 Å². The van der Waals surface area contributed by atoms with Crippen LogP contribution in [0, 0.1) is 0 Å². The van der Waals surface area contributed by atoms with Crippen molar-refractivity contribution in [2.45, 2.75) is 25.8 Å². The van der Waals surface area contributed by atoms with Crippen molar-refractivity contribution in [3.8, 4) is 0 Å². The number of anilines is 1. The molecule has 0 saturated heterocycles. The third-order valence-corrected chi connectivity index (χ3v) is 4.17. The van der Waals surface area contributed by atoms with Gasteiger partial charge in [0.1, 0.15) is 5.52 Å². The Balaban J connectivity index is 1.81. The molecule has 1 unspecified atom stereocenters. The molecule has 1 atom stereocenters. The van der Waals surface area contributed by atoms with Gasteiger partial charge in [-0.2, -0.15) is 0 Å². The van der Waals surface area contributed by atoms with Gasteiger partial charge in [-0.25, -0.2) is 9.97 Å². The number of hydrogen-bond acceptors (Lipinski definition) is 3. The van der Waals surface area contributed by atoms with E-state index in [1.54, 1.807) is 6.20 Å². The quantitative estimate of drug-likeness (QED) is 0.778. The van der Waals surface area contributed by atoms with Crippen molar-refractivity contribution in [1.82, 2.24) is 14.5 Å². The smallest absolute Gasteiger partial charge is 0.202 e. The molecule has 0 amide bonds. The zero-order chi connectivity index (χ0) is 14.8. The van der Waals surface area contributed by atoms with Gasteiger partial charge in [-0.3, -0.25) is 4.57 Å². The van der Waals surface area contributed by atoms with Crippen LogP contribution in [0.1, 0.15) is 24.8 Å². The second kappa shape index (κ2) is 5.85. The van der Waals surface area contributed by atoms with Crippen molar-refractivity contribution in [3.05, 3.63) is 52.6 Å². The molecule has 21 heavy (non-hydrogen) atoms. The minimum absolute atomic E-state index is 0.471. The monoisotopic (exact) mass is 344 g/mol. The molecule has 0 bridgehead atoms. The first-order valence-corrected chi connectivity index (χ1v) is 7.76. The van der Waals surface area contributed by atoms with E-state index >= 15 is 0 Å². The minimum Gasteiger partial charge on any atom is -0.369 e. The highest BCUT2D eigenvalue weighted by Gasteiger charge is 2.12. The Labute approximate surface area is 132 Å². The lowest BCUT2D eigenvalue weighted by atomic mass is 9.98. The molecule has 0 fully saturated rings. The topological polar surface area (TPSA) is 56.7 Å². The molecule has 0 aliphatic rings. The number of fused-ring (bicyclic) bond motifs is 1. The summed E-state index contributed by atoms with van der Waals surface area (Å²) in [7, 11) is 0. The highest BCUT2D eigenvalue weighted by atomic mass is 79.9. The van der Waals surface area contributed by atoms with Crippen molar-refractivity contribution in [1.29, 1.82) is 0 Å². The van der Waals surface area contributed by atoms with E-state index in [2.05, 4.69) is 57.1 Å². The molecule has 5 heteroatoms. The molecule has 3 rings (SSSR count). The van der Waals surface area contributed by atoms with Gasteiger partial charge in [0, 0.05) is 17.2 Å². The van der Waals surface area contributed by atoms with Crippen molar-refractivity contribution in [2.75, 3.05) is 5.73 Å². The summed E-state index contributed by atoms with van der Waals surface area (Å²) >= 11 is 3.41. The van der Waals surface area contributed by atoms with E-state index < -0.39 is 0 Å². The Kier molecular flexibility index (Phi) is 3.92. The van der Waals surface area contributed by atoms with E-state index in [4.69, 9.17) is 5.73 Å². The molecule has 2 N–H and O–H groups in total. The van der Waals surface area contributed by atoms with Gasteiger partial charge in [0.05, 0.1) is 0 Å². The Hall–Kier alpha value is -1.88. The normalized spacial score (nSPS) is 12.7. The molecule has 0 aliphatic heterocycles. The molecule has 2 aromatic heterocycles. The van der Waals surface area contributed by atoms with E-state index in [9.17, 15) is 0 Å². The Morgan fingerprint density at radius 2 is 2.05 bits per heavy atom. The van der Waals surface area contributed by atoms with Crippen LogP contribution in [0.15, 0.2) is 47.1 Å². The fraction of sp³-hybridized carbons (Fsp3) is 0.250. The van der Waals surface area contributed by atoms with Gasteiger partial charge in [-0.15, -0.1) is 0 Å². The Morgan fingerprint density at radius 1 is 1.29 bits per heavy atom. The number of rotatable bonds is 4. The van der Waals surface area contributed by atoms with Crippen molar-refractivity contribution in [2.24, 2.45) is 0 Å². The summed E-state index contributed by atoms with van der Waals surface area (Å²) in [5, 5.41) is 0. The standard InChI is InChI=1S/C16H17BrN4/c1-11(12-5-3-2-4-6-12)7-8-21-15-14(20-16(21)18)9-13(17)10-19-15/h2-6,9-11H,7-8H2,1H3,(H2,18,20). The SMILES string of the molecule is CC(CCn1c(N)nc2cc(Br)cnc21)c1ccccc1. The van der Waals surface area contributed by atoms with Gasteiger partial charge >= 0.3 is 0 Å². The Morgan fingerprint density at radius 3 is 2.81 bits per heavy atom. The van der Waals surface area contributed by atoms with Gasteiger partial charge in [-0.1, -0.05) is 37.3 Å². The zero-order valence-corrected chi connectivity index (χ0v) is 13.4. The van der Waals surface area contributed by atoms with Crippen LogP contribution >= 0.6 is 15.9 Å². The van der Waals surface area contributed by atoms with E-state index in [0.29, 0.717) is 11.9 Å². The van der Waals surface area contributed by atoms with Gasteiger partial charge in [0.2, 0.25) is 5.95 Å². The molecule has 3 aromatic rings. The number of nitrogens with zero attached hydrogens (tertiary/aromatic N) is 3. The number of aryl methyl sites for hydroxylation is 1. The number of nitrogen functional groups attached to an aromatic ring is 1. The van der Waals surface area contributed by atoms with Crippen LogP contribution in [-0.4, -0.2) is 14.5 Å². The van der Waals surface area contributed by atoms with Crippen LogP contribution in [-0.2, 0) is 6.54 Å². The molecule has 0 spiro atoms. The number of hydrogen-bond donors (Lipinski definition) is 1. The summed E-state index contributed by atoms with van der Waals surface area (Å²) < 4.78 is 2.90. The van der Waals surface area contributed by atoms with Crippen molar-refractivity contribution >= 4 is 33.0 Å². The van der Waals surface area contributed by atoms with E-state index in [-0.39, 0.29) is 0 Å². The number of nitrogens with two attached hydrogens (primary N) is 1. The maximum atomic E-state index is 6.02. The Bertz CT molecular complexity index is 752. The average molecular weight is 345 g/mol. The third kappa shape index (κ3) is 2.93. The second-order valence-corrected chi connectivity index (χ2v) is 6.13. The highest BCUT2D eigenvalue weighted by molar-refractivity contribution is 9.10. The first-order chi connectivity index (χ1) is 10.1. The first-order valence-electron chi connectivity index (χ1n) is 6.97. The lowest BCUT2D eigenvalue weighted by Gasteiger charge is -2.13. The molecule has 4 nitrogen and oxygen atoms in total. The van der Waals surface area contributed by atoms with Crippen molar-refractivity contribution < 1.29 is 0 Å². The number of benzene rings is 1. The van der Waals surface area contributed by atoms with E-state index in [1.807, 2.05) is 16.7 Å². The van der Waals surface area contributed by atoms with Crippen LogP contribution < -0.4 is 5.73 Å². The first kappa shape index (κ1) is 14.1. The maximum absolute atomic E-state index is 6.02. The predicted molar refractivity (Wildman–Crippen MR) is 89.1 cm³/mol. The fourth-order valence-electron chi connectivity index (χ4n) is 2.50. The molecular formula is C16H17BrN4. The van der Waals surface area contributed by atoms with Gasteiger partial charge in [-0.05, 0) is 39.9 Å². The summed E-state index contributed by atoms with van der Waals surface area (Å²) in [4.78, 5) is 8.80. The number of halogens is 1. The van der Waals surface area contributed by atoms with Crippen LogP contribution in [0.5, 0.6) is 0 Å². The van der Waals surface area contributed by atoms with Crippen LogP contribution in [0.4, 0.5) is 5.95 Å². The number of imidazole rings is 1. The summed E-state index contributed by atoms with van der Waals surface area (Å²) in [6.45, 7) is 3.04. The lowest BCUT2D eigenvalue weighted by molar-refractivity contribution is 0.588. The lowest BCUT2D eigenvalue weighted by Crippen LogP contribution is -2.07. The van der Waals surface area contributed by atoms with Crippen molar-refractivity contribution in [3.63, 3.8) is 0 Å². The average Bonchev–Trinajstić information content (AvgIpc) is 2.80. The highest BCUT2D eigenvalue weighted by Crippen LogP contribution is 2.23. The number of aromatic nitrogens is 3.